The third kappa shape index (κ3) is 9.59. The molecule has 0 aromatic heterocycles. The van der Waals surface area contributed by atoms with Crippen LogP contribution in [0.4, 0.5) is 34.1 Å². The molecule has 0 saturated carbocycles. The first-order valence-electron chi connectivity index (χ1n) is 22.4. The van der Waals surface area contributed by atoms with Crippen LogP contribution in [-0.2, 0) is 13.1 Å². The second-order valence-corrected chi connectivity index (χ2v) is 16.4. The van der Waals surface area contributed by atoms with Crippen LogP contribution in [0.5, 0.6) is 17.2 Å². The maximum atomic E-state index is 13.6. The summed E-state index contributed by atoms with van der Waals surface area (Å²) in [5.74, 6) is -0.942. The van der Waals surface area contributed by atoms with Gasteiger partial charge in [0.1, 0.15) is 17.2 Å². The molecule has 0 unspecified atom stereocenters. The summed E-state index contributed by atoms with van der Waals surface area (Å²) in [6.07, 6.45) is 0. The Morgan fingerprint density at radius 2 is 0.943 bits per heavy atom. The van der Waals surface area contributed by atoms with Crippen LogP contribution in [0.25, 0.3) is 43.4 Å². The molecule has 0 aliphatic heterocycles. The smallest absolute Gasteiger partial charge is 0.343 e. The summed E-state index contributed by atoms with van der Waals surface area (Å²) in [6, 6.07) is 59.9. The van der Waals surface area contributed by atoms with E-state index in [-0.39, 0.29) is 17.1 Å². The van der Waals surface area contributed by atoms with E-state index in [0.717, 1.165) is 44.0 Å². The first-order chi connectivity index (χ1) is 34.2. The molecule has 12 heteroatoms. The second kappa shape index (κ2) is 19.7. The number of azo groups is 2. The van der Waals surface area contributed by atoms with Crippen molar-refractivity contribution in [2.75, 3.05) is 10.6 Å². The third-order valence-electron chi connectivity index (χ3n) is 11.9. The van der Waals surface area contributed by atoms with Crippen molar-refractivity contribution < 1.29 is 29.6 Å². The zero-order valence-electron chi connectivity index (χ0n) is 37.3. The van der Waals surface area contributed by atoms with Crippen molar-refractivity contribution in [3.8, 4) is 28.4 Å². The normalized spacial score (nSPS) is 11.4. The highest BCUT2D eigenvalue weighted by Gasteiger charge is 2.18. The molecule has 0 bridgehead atoms. The van der Waals surface area contributed by atoms with E-state index in [1.165, 1.54) is 6.07 Å². The lowest BCUT2D eigenvalue weighted by Gasteiger charge is -2.13. The van der Waals surface area contributed by atoms with Gasteiger partial charge in [-0.2, -0.15) is 10.2 Å². The Morgan fingerprint density at radius 1 is 0.443 bits per heavy atom. The van der Waals surface area contributed by atoms with Crippen LogP contribution in [-0.4, -0.2) is 27.3 Å². The number of nitrogens with zero attached hydrogens (tertiary/aromatic N) is 4. The van der Waals surface area contributed by atoms with E-state index in [0.29, 0.717) is 69.1 Å². The minimum atomic E-state index is -1.11. The molecule has 10 aromatic carbocycles. The molecule has 0 amide bonds. The van der Waals surface area contributed by atoms with Crippen LogP contribution in [0, 0.1) is 0 Å². The summed E-state index contributed by atoms with van der Waals surface area (Å²) in [7, 11) is 0. The molecular weight excluding hydrogens is 877 g/mol. The van der Waals surface area contributed by atoms with Gasteiger partial charge in [0.05, 0.1) is 33.9 Å². The topological polar surface area (TPSA) is 178 Å². The van der Waals surface area contributed by atoms with Gasteiger partial charge in [-0.3, -0.25) is 0 Å². The molecule has 10 aromatic rings. The maximum absolute atomic E-state index is 13.6. The molecule has 0 fully saturated rings. The largest absolute Gasteiger partial charge is 0.508 e. The number of phenolic OH excluding ortho intramolecular Hbond substituents is 2. The predicted molar refractivity (Wildman–Crippen MR) is 275 cm³/mol. The lowest BCUT2D eigenvalue weighted by atomic mass is 9.94. The summed E-state index contributed by atoms with van der Waals surface area (Å²) < 4.78 is 5.99. The molecule has 10 rings (SSSR count). The molecule has 12 nitrogen and oxygen atoms in total. The van der Waals surface area contributed by atoms with Crippen molar-refractivity contribution in [1.82, 2.24) is 0 Å². The number of rotatable bonds is 14. The van der Waals surface area contributed by atoms with Crippen molar-refractivity contribution in [1.29, 1.82) is 0 Å². The number of carbonyl (C=O) groups excluding carboxylic acids is 1. The number of phenols is 2. The molecule has 340 valence electrons. The van der Waals surface area contributed by atoms with Crippen LogP contribution in [0.1, 0.15) is 31.8 Å². The van der Waals surface area contributed by atoms with Gasteiger partial charge in [-0.25, -0.2) is 9.59 Å². The van der Waals surface area contributed by atoms with E-state index in [4.69, 9.17) is 4.74 Å². The van der Waals surface area contributed by atoms with Crippen LogP contribution >= 0.6 is 0 Å². The number of anilines is 2. The SMILES string of the molecule is O=C(Oc1cccc2c(-c3cc(N=Nc4ccc(NCc5ccc(O)cc5)c5ccccc45)ccc3C(=O)O)cccc12)c1ccc(N=Nc2ccc(NCc3ccc(O)cc3)c3ccccc23)cc1. The molecule has 0 heterocycles. The van der Waals surface area contributed by atoms with Crippen molar-refractivity contribution in [3.63, 3.8) is 0 Å². The van der Waals surface area contributed by atoms with E-state index in [9.17, 15) is 24.9 Å². The predicted octanol–water partition coefficient (Wildman–Crippen LogP) is 15.2. The number of nitrogens with one attached hydrogen (secondary N) is 2. The monoisotopic (exact) mass is 918 g/mol. The van der Waals surface area contributed by atoms with E-state index < -0.39 is 11.9 Å². The molecule has 0 spiro atoms. The average Bonchev–Trinajstić information content (AvgIpc) is 3.39. The third-order valence-corrected chi connectivity index (χ3v) is 11.9. The van der Waals surface area contributed by atoms with Crippen molar-refractivity contribution in [2.45, 2.75) is 13.1 Å². The van der Waals surface area contributed by atoms with Gasteiger partial charge in [-0.1, -0.05) is 103 Å². The van der Waals surface area contributed by atoms with E-state index >= 15 is 0 Å². The van der Waals surface area contributed by atoms with Crippen LogP contribution in [0.15, 0.2) is 221 Å². The molecule has 0 saturated heterocycles. The van der Waals surface area contributed by atoms with E-state index in [2.05, 4.69) is 31.1 Å². The summed E-state index contributed by atoms with van der Waals surface area (Å²) in [5.41, 5.74) is 7.63. The highest BCUT2D eigenvalue weighted by atomic mass is 16.5. The second-order valence-electron chi connectivity index (χ2n) is 16.4. The highest BCUT2D eigenvalue weighted by molar-refractivity contribution is 6.07. The molecule has 0 aliphatic carbocycles. The Hall–Kier alpha value is -9.68. The number of fused-ring (bicyclic) bond motifs is 3. The zero-order valence-corrected chi connectivity index (χ0v) is 37.3. The molecule has 0 radical (unpaired) electrons. The minimum Gasteiger partial charge on any atom is -0.508 e. The summed E-state index contributed by atoms with van der Waals surface area (Å²) in [6.45, 7) is 1.14. The maximum Gasteiger partial charge on any atom is 0.343 e. The van der Waals surface area contributed by atoms with Gasteiger partial charge in [0.25, 0.3) is 0 Å². The Balaban J connectivity index is 0.858. The Labute approximate surface area is 401 Å². The van der Waals surface area contributed by atoms with Crippen molar-refractivity contribution in [3.05, 3.63) is 222 Å². The molecule has 70 heavy (non-hydrogen) atoms. The van der Waals surface area contributed by atoms with Crippen molar-refractivity contribution in [2.24, 2.45) is 20.5 Å². The number of hydrogen-bond donors (Lipinski definition) is 5. The van der Waals surface area contributed by atoms with E-state index in [1.54, 1.807) is 78.9 Å². The number of aromatic carboxylic acids is 1. The fraction of sp³-hybridized carbons (Fsp3) is 0.0345. The number of aromatic hydroxyl groups is 2. The van der Waals surface area contributed by atoms with Gasteiger partial charge in [0, 0.05) is 51.4 Å². The van der Waals surface area contributed by atoms with Crippen LogP contribution in [0.3, 0.4) is 0 Å². The standard InChI is InChI=1S/C58H42N6O6/c65-41-24-15-36(16-25-41)34-59-52-29-31-54(47-9-3-1-7-45(47)52)63-61-39-21-19-38(20-22-39)58(69)70-56-14-6-12-43-44(11-5-13-49(43)56)51-33-40(23-28-50(51)57(67)68)62-64-55-32-30-53(46-8-2-4-10-48(46)55)60-35-37-17-26-42(66)27-18-37/h1-33,59-60,65-66H,34-35H2,(H,67,68). The molecule has 0 aliphatic rings. The van der Waals surface area contributed by atoms with Gasteiger partial charge in [-0.05, 0) is 125 Å². The van der Waals surface area contributed by atoms with Gasteiger partial charge >= 0.3 is 11.9 Å². The van der Waals surface area contributed by atoms with Crippen LogP contribution < -0.4 is 15.4 Å². The number of benzene rings is 10. The summed E-state index contributed by atoms with van der Waals surface area (Å²) in [4.78, 5) is 26.3. The molecule has 5 N–H and O–H groups in total. The van der Waals surface area contributed by atoms with E-state index in [1.807, 2.05) is 115 Å². The number of hydrogen-bond acceptors (Lipinski definition) is 11. The first kappa shape index (κ1) is 44.2. The Kier molecular flexibility index (Phi) is 12.4. The average molecular weight is 919 g/mol. The number of esters is 1. The van der Waals surface area contributed by atoms with Gasteiger partial charge in [-0.15, -0.1) is 10.2 Å². The number of carbonyl (C=O) groups is 2. The van der Waals surface area contributed by atoms with Gasteiger partial charge in [0.15, 0.2) is 0 Å². The Morgan fingerprint density at radius 3 is 1.51 bits per heavy atom. The molecular formula is C58H42N6O6. The fourth-order valence-corrected chi connectivity index (χ4v) is 8.33. The number of carboxylic acid groups (broad SMARTS) is 1. The lowest BCUT2D eigenvalue weighted by molar-refractivity contribution is 0.0695. The number of ether oxygens (including phenoxy) is 1. The zero-order chi connectivity index (χ0) is 48.0. The fourth-order valence-electron chi connectivity index (χ4n) is 8.33. The van der Waals surface area contributed by atoms with Crippen molar-refractivity contribution >= 4 is 78.4 Å². The summed E-state index contributed by atoms with van der Waals surface area (Å²) >= 11 is 0. The van der Waals surface area contributed by atoms with Gasteiger partial charge in [0.2, 0.25) is 0 Å². The minimum absolute atomic E-state index is 0.0739. The first-order valence-corrected chi connectivity index (χ1v) is 22.4. The number of carboxylic acids is 1. The quantitative estimate of drug-likeness (QED) is 0.0406. The van der Waals surface area contributed by atoms with Gasteiger partial charge < -0.3 is 30.7 Å². The Bertz CT molecular complexity index is 3650. The lowest BCUT2D eigenvalue weighted by Crippen LogP contribution is -2.08. The highest BCUT2D eigenvalue weighted by Crippen LogP contribution is 2.39. The van der Waals surface area contributed by atoms with Crippen LogP contribution in [0.2, 0.25) is 0 Å². The molecule has 0 atom stereocenters. The summed E-state index contributed by atoms with van der Waals surface area (Å²) in [5, 5.41) is 59.8.